The topological polar surface area (TPSA) is 92.6 Å². The van der Waals surface area contributed by atoms with Gasteiger partial charge in [-0.1, -0.05) is 30.3 Å². The summed E-state index contributed by atoms with van der Waals surface area (Å²) >= 11 is 0. The van der Waals surface area contributed by atoms with Crippen molar-refractivity contribution in [3.05, 3.63) is 35.9 Å². The molecule has 1 unspecified atom stereocenters. The number of nitrogens with zero attached hydrogens (tertiary/aromatic N) is 1. The summed E-state index contributed by atoms with van der Waals surface area (Å²) in [5.41, 5.74) is 12.5. The van der Waals surface area contributed by atoms with Gasteiger partial charge in [0, 0.05) is 12.6 Å². The van der Waals surface area contributed by atoms with E-state index in [0.717, 1.165) is 24.9 Å². The summed E-state index contributed by atoms with van der Waals surface area (Å²) in [4.78, 5) is 13.3. The van der Waals surface area contributed by atoms with Gasteiger partial charge in [-0.25, -0.2) is 0 Å². The van der Waals surface area contributed by atoms with Crippen LogP contribution in [0.4, 0.5) is 0 Å². The van der Waals surface area contributed by atoms with Gasteiger partial charge in [-0.15, -0.1) is 0 Å². The predicted molar refractivity (Wildman–Crippen MR) is 77.9 cm³/mol. The molecule has 1 saturated heterocycles. The van der Waals surface area contributed by atoms with E-state index in [1.807, 2.05) is 35.2 Å². The molecular weight excluding hydrogens is 254 g/mol. The number of carbonyl (C=O) groups excluding carboxylic acids is 1. The van der Waals surface area contributed by atoms with Gasteiger partial charge >= 0.3 is 0 Å². The molecule has 5 nitrogen and oxygen atoms in total. The van der Waals surface area contributed by atoms with Crippen molar-refractivity contribution in [1.82, 2.24) is 4.90 Å². The van der Waals surface area contributed by atoms with Gasteiger partial charge in [0.05, 0.1) is 12.1 Å². The largest absolute Gasteiger partial charge is 0.390 e. The van der Waals surface area contributed by atoms with Crippen LogP contribution in [0, 0.1) is 0 Å². The Balaban J connectivity index is 1.87. The monoisotopic (exact) mass is 277 g/mol. The van der Waals surface area contributed by atoms with Crippen molar-refractivity contribution in [2.45, 2.75) is 37.5 Å². The molecule has 3 atom stereocenters. The van der Waals surface area contributed by atoms with Crippen molar-refractivity contribution in [1.29, 1.82) is 0 Å². The first-order valence-corrected chi connectivity index (χ1v) is 7.09. The Labute approximate surface area is 119 Å². The lowest BCUT2D eigenvalue weighted by Crippen LogP contribution is -2.49. The lowest BCUT2D eigenvalue weighted by molar-refractivity contribution is -0.122. The van der Waals surface area contributed by atoms with E-state index in [-0.39, 0.29) is 18.0 Å². The second kappa shape index (κ2) is 6.83. The molecule has 2 rings (SSSR count). The fourth-order valence-corrected chi connectivity index (χ4v) is 2.76. The minimum atomic E-state index is -0.657. The second-order valence-corrected chi connectivity index (χ2v) is 5.48. The molecule has 1 aromatic rings. The molecule has 0 bridgehead atoms. The van der Waals surface area contributed by atoms with E-state index in [4.69, 9.17) is 11.5 Å². The van der Waals surface area contributed by atoms with Crippen molar-refractivity contribution in [3.63, 3.8) is 0 Å². The molecule has 0 aliphatic carbocycles. The first-order valence-electron chi connectivity index (χ1n) is 7.09. The van der Waals surface area contributed by atoms with Crippen molar-refractivity contribution in [2.24, 2.45) is 11.5 Å². The second-order valence-electron chi connectivity index (χ2n) is 5.48. The summed E-state index contributed by atoms with van der Waals surface area (Å²) in [5, 5.41) is 10.2. The number of primary amides is 1. The van der Waals surface area contributed by atoms with Gasteiger partial charge in [-0.2, -0.15) is 0 Å². The zero-order valence-corrected chi connectivity index (χ0v) is 11.6. The number of hydrogen-bond donors (Lipinski definition) is 3. The standard InChI is InChI=1S/C15H23N3O2/c16-12(9-11-5-2-1-3-6-11)14(19)10-18-8-4-7-13(18)15(17)20/h1-3,5-6,12-14,19H,4,7-10,16H2,(H2,17,20)/t12-,13?,14+/m1/s1. The highest BCUT2D eigenvalue weighted by Crippen LogP contribution is 2.17. The maximum Gasteiger partial charge on any atom is 0.234 e. The van der Waals surface area contributed by atoms with Crippen molar-refractivity contribution in [3.8, 4) is 0 Å². The maximum absolute atomic E-state index is 11.3. The molecule has 0 aromatic heterocycles. The van der Waals surface area contributed by atoms with E-state index >= 15 is 0 Å². The van der Waals surface area contributed by atoms with Gasteiger partial charge in [0.1, 0.15) is 0 Å². The molecule has 1 aliphatic heterocycles. The van der Waals surface area contributed by atoms with Crippen molar-refractivity contribution in [2.75, 3.05) is 13.1 Å². The number of benzene rings is 1. The predicted octanol–water partition coefficient (Wildman–Crippen LogP) is -0.133. The van der Waals surface area contributed by atoms with Crippen molar-refractivity contribution >= 4 is 5.91 Å². The third-order valence-electron chi connectivity index (χ3n) is 3.92. The first-order chi connectivity index (χ1) is 9.58. The van der Waals surface area contributed by atoms with E-state index < -0.39 is 6.10 Å². The molecule has 0 spiro atoms. The van der Waals surface area contributed by atoms with Crippen LogP contribution in [0.2, 0.25) is 0 Å². The Morgan fingerprint density at radius 1 is 1.40 bits per heavy atom. The lowest BCUT2D eigenvalue weighted by atomic mass is 10.0. The molecule has 5 N–H and O–H groups in total. The molecule has 1 aliphatic rings. The summed E-state index contributed by atoms with van der Waals surface area (Å²) in [6.07, 6.45) is 1.68. The highest BCUT2D eigenvalue weighted by molar-refractivity contribution is 5.80. The smallest absolute Gasteiger partial charge is 0.234 e. The van der Waals surface area contributed by atoms with Gasteiger partial charge in [0.15, 0.2) is 0 Å². The summed E-state index contributed by atoms with van der Waals surface area (Å²) in [7, 11) is 0. The molecule has 20 heavy (non-hydrogen) atoms. The molecule has 1 aromatic carbocycles. The highest BCUT2D eigenvalue weighted by atomic mass is 16.3. The molecular formula is C15H23N3O2. The molecule has 1 heterocycles. The van der Waals surface area contributed by atoms with Crippen molar-refractivity contribution < 1.29 is 9.90 Å². The Morgan fingerprint density at radius 3 is 2.75 bits per heavy atom. The number of nitrogens with two attached hydrogens (primary N) is 2. The lowest BCUT2D eigenvalue weighted by Gasteiger charge is -2.27. The van der Waals surface area contributed by atoms with Crippen LogP contribution in [-0.2, 0) is 11.2 Å². The van der Waals surface area contributed by atoms with Crippen LogP contribution in [0.1, 0.15) is 18.4 Å². The zero-order chi connectivity index (χ0) is 14.5. The van der Waals surface area contributed by atoms with Gasteiger partial charge in [-0.05, 0) is 31.4 Å². The average molecular weight is 277 g/mol. The van der Waals surface area contributed by atoms with Gasteiger partial charge in [0.25, 0.3) is 0 Å². The summed E-state index contributed by atoms with van der Waals surface area (Å²) in [6.45, 7) is 1.20. The van der Waals surface area contributed by atoms with Crippen LogP contribution in [0.5, 0.6) is 0 Å². The van der Waals surface area contributed by atoms with E-state index in [1.165, 1.54) is 0 Å². The summed E-state index contributed by atoms with van der Waals surface area (Å²) in [6, 6.07) is 9.26. The summed E-state index contributed by atoms with van der Waals surface area (Å²) < 4.78 is 0. The maximum atomic E-state index is 11.3. The zero-order valence-electron chi connectivity index (χ0n) is 11.6. The number of likely N-dealkylation sites (tertiary alicyclic amines) is 1. The molecule has 110 valence electrons. The highest BCUT2D eigenvalue weighted by Gasteiger charge is 2.31. The Morgan fingerprint density at radius 2 is 2.10 bits per heavy atom. The third-order valence-corrected chi connectivity index (χ3v) is 3.92. The van der Waals surface area contributed by atoms with Crippen LogP contribution in [0.15, 0.2) is 30.3 Å². The van der Waals surface area contributed by atoms with Crippen LogP contribution in [0.25, 0.3) is 0 Å². The number of amides is 1. The van der Waals surface area contributed by atoms with E-state index in [9.17, 15) is 9.90 Å². The minimum absolute atomic E-state index is 0.256. The normalized spacial score (nSPS) is 22.6. The summed E-state index contributed by atoms with van der Waals surface area (Å²) in [5.74, 6) is -0.314. The number of carbonyl (C=O) groups is 1. The van der Waals surface area contributed by atoms with Gasteiger partial charge < -0.3 is 16.6 Å². The SMILES string of the molecule is NC(=O)C1CCCN1C[C@H](O)[C@H](N)Cc1ccccc1. The van der Waals surface area contributed by atoms with Crippen LogP contribution >= 0.6 is 0 Å². The third kappa shape index (κ3) is 3.79. The number of aliphatic hydroxyl groups is 1. The molecule has 1 fully saturated rings. The molecule has 0 saturated carbocycles. The number of rotatable bonds is 6. The Kier molecular flexibility index (Phi) is 5.11. The van der Waals surface area contributed by atoms with E-state index in [2.05, 4.69) is 0 Å². The number of β-amino-alcohol motifs (C(OH)–C–C–N with tert-alkyl or cyclic N) is 1. The van der Waals surface area contributed by atoms with Crippen LogP contribution in [0.3, 0.4) is 0 Å². The molecule has 1 amide bonds. The Hall–Kier alpha value is -1.43. The van der Waals surface area contributed by atoms with E-state index in [0.29, 0.717) is 13.0 Å². The quantitative estimate of drug-likeness (QED) is 0.675. The first kappa shape index (κ1) is 15.0. The molecule has 5 heteroatoms. The average Bonchev–Trinajstić information content (AvgIpc) is 2.88. The number of hydrogen-bond acceptors (Lipinski definition) is 4. The van der Waals surface area contributed by atoms with Crippen LogP contribution < -0.4 is 11.5 Å². The van der Waals surface area contributed by atoms with Gasteiger partial charge in [-0.3, -0.25) is 9.69 Å². The number of aliphatic hydroxyl groups excluding tert-OH is 1. The minimum Gasteiger partial charge on any atom is -0.390 e. The van der Waals surface area contributed by atoms with Crippen LogP contribution in [-0.4, -0.2) is 47.2 Å². The van der Waals surface area contributed by atoms with E-state index in [1.54, 1.807) is 0 Å². The fraction of sp³-hybridized carbons (Fsp3) is 0.533. The van der Waals surface area contributed by atoms with Gasteiger partial charge in [0.2, 0.25) is 5.91 Å². The fourth-order valence-electron chi connectivity index (χ4n) is 2.76. The molecule has 0 radical (unpaired) electrons. The Bertz CT molecular complexity index is 438.